The maximum absolute atomic E-state index is 10.2. The van der Waals surface area contributed by atoms with Crippen molar-refractivity contribution in [2.24, 2.45) is 0 Å². The summed E-state index contributed by atoms with van der Waals surface area (Å²) in [4.78, 5) is 0. The van der Waals surface area contributed by atoms with Crippen molar-refractivity contribution < 1.29 is 14.6 Å². The van der Waals surface area contributed by atoms with Crippen molar-refractivity contribution in [3.8, 4) is 11.5 Å². The fourth-order valence-electron chi connectivity index (χ4n) is 1.91. The number of rotatable bonds is 2. The maximum atomic E-state index is 10.2. The Morgan fingerprint density at radius 2 is 1.65 bits per heavy atom. The molecule has 1 atom stereocenters. The van der Waals surface area contributed by atoms with Crippen molar-refractivity contribution in [1.82, 2.24) is 0 Å². The first-order valence-corrected chi connectivity index (χ1v) is 5.47. The number of hydrogen-bond acceptors (Lipinski definition) is 3. The molecule has 0 aliphatic carbocycles. The molecule has 0 aromatic heterocycles. The Morgan fingerprint density at radius 3 is 2.47 bits per heavy atom. The molecular weight excluding hydrogens is 216 g/mol. The maximum Gasteiger partial charge on any atom is 0.231 e. The summed E-state index contributed by atoms with van der Waals surface area (Å²) in [7, 11) is 0. The zero-order chi connectivity index (χ0) is 11.7. The molecule has 3 heteroatoms. The lowest BCUT2D eigenvalue weighted by atomic mass is 10.0. The van der Waals surface area contributed by atoms with Crippen LogP contribution in [0.4, 0.5) is 0 Å². The van der Waals surface area contributed by atoms with Crippen LogP contribution >= 0.6 is 0 Å². The lowest BCUT2D eigenvalue weighted by Gasteiger charge is -2.11. The van der Waals surface area contributed by atoms with Crippen LogP contribution in [0.2, 0.25) is 0 Å². The van der Waals surface area contributed by atoms with Crippen LogP contribution in [-0.4, -0.2) is 11.9 Å². The van der Waals surface area contributed by atoms with E-state index >= 15 is 0 Å². The van der Waals surface area contributed by atoms with Gasteiger partial charge in [0.05, 0.1) is 0 Å². The highest BCUT2D eigenvalue weighted by Crippen LogP contribution is 2.35. The van der Waals surface area contributed by atoms with Gasteiger partial charge in [-0.3, -0.25) is 0 Å². The van der Waals surface area contributed by atoms with E-state index in [4.69, 9.17) is 9.47 Å². The van der Waals surface area contributed by atoms with Gasteiger partial charge in [0.1, 0.15) is 6.10 Å². The van der Waals surface area contributed by atoms with Crippen molar-refractivity contribution in [3.63, 3.8) is 0 Å². The molecule has 0 amide bonds. The zero-order valence-electron chi connectivity index (χ0n) is 9.17. The Balaban J connectivity index is 1.94. The first-order valence-electron chi connectivity index (χ1n) is 5.47. The molecule has 0 unspecified atom stereocenters. The van der Waals surface area contributed by atoms with E-state index in [1.807, 2.05) is 48.5 Å². The second-order valence-corrected chi connectivity index (χ2v) is 3.93. The zero-order valence-corrected chi connectivity index (χ0v) is 9.17. The molecule has 0 spiro atoms. The van der Waals surface area contributed by atoms with Gasteiger partial charge < -0.3 is 14.6 Å². The highest BCUT2D eigenvalue weighted by Gasteiger charge is 2.17. The van der Waals surface area contributed by atoms with Gasteiger partial charge in [0.15, 0.2) is 11.5 Å². The molecule has 1 aliphatic heterocycles. The molecule has 3 nitrogen and oxygen atoms in total. The van der Waals surface area contributed by atoms with Gasteiger partial charge in [-0.05, 0) is 23.3 Å². The summed E-state index contributed by atoms with van der Waals surface area (Å²) in [6, 6.07) is 15.0. The van der Waals surface area contributed by atoms with E-state index in [0.717, 1.165) is 16.9 Å². The Bertz CT molecular complexity index is 522. The topological polar surface area (TPSA) is 38.7 Å². The van der Waals surface area contributed by atoms with Gasteiger partial charge in [0.25, 0.3) is 0 Å². The fraction of sp³-hybridized carbons (Fsp3) is 0.143. The molecule has 1 N–H and O–H groups in total. The van der Waals surface area contributed by atoms with Crippen LogP contribution in [0.3, 0.4) is 0 Å². The fourth-order valence-corrected chi connectivity index (χ4v) is 1.91. The average Bonchev–Trinajstić information content (AvgIpc) is 2.86. The van der Waals surface area contributed by atoms with Gasteiger partial charge >= 0.3 is 0 Å². The van der Waals surface area contributed by atoms with E-state index in [-0.39, 0.29) is 6.79 Å². The van der Waals surface area contributed by atoms with Gasteiger partial charge in [0.2, 0.25) is 6.79 Å². The predicted octanol–water partition coefficient (Wildman–Crippen LogP) is 2.50. The summed E-state index contributed by atoms with van der Waals surface area (Å²) < 4.78 is 10.5. The molecule has 0 radical (unpaired) electrons. The molecule has 3 rings (SSSR count). The third kappa shape index (κ3) is 1.85. The largest absolute Gasteiger partial charge is 0.454 e. The summed E-state index contributed by atoms with van der Waals surface area (Å²) >= 11 is 0. The Labute approximate surface area is 99.2 Å². The molecule has 0 saturated heterocycles. The molecule has 0 fully saturated rings. The van der Waals surface area contributed by atoms with E-state index in [9.17, 15) is 5.11 Å². The van der Waals surface area contributed by atoms with E-state index in [1.54, 1.807) is 0 Å². The number of ether oxygens (including phenoxy) is 2. The summed E-state index contributed by atoms with van der Waals surface area (Å²) in [6.45, 7) is 0.250. The molecule has 86 valence electrons. The van der Waals surface area contributed by atoms with Crippen LogP contribution in [0.1, 0.15) is 17.2 Å². The summed E-state index contributed by atoms with van der Waals surface area (Å²) in [5.41, 5.74) is 1.67. The molecule has 1 heterocycles. The second kappa shape index (κ2) is 4.11. The van der Waals surface area contributed by atoms with Crippen molar-refractivity contribution in [2.45, 2.75) is 6.10 Å². The molecule has 2 aromatic carbocycles. The van der Waals surface area contributed by atoms with Gasteiger partial charge in [0, 0.05) is 0 Å². The highest BCUT2D eigenvalue weighted by atomic mass is 16.7. The second-order valence-electron chi connectivity index (χ2n) is 3.93. The SMILES string of the molecule is O[C@H](c1ccccc1)c1ccc2c(c1)OCO2. The summed E-state index contributed by atoms with van der Waals surface area (Å²) in [5, 5.41) is 10.2. The minimum atomic E-state index is -0.634. The quantitative estimate of drug-likeness (QED) is 0.858. The van der Waals surface area contributed by atoms with E-state index in [1.165, 1.54) is 0 Å². The molecule has 2 aromatic rings. The third-order valence-electron chi connectivity index (χ3n) is 2.83. The lowest BCUT2D eigenvalue weighted by Crippen LogP contribution is -1.99. The van der Waals surface area contributed by atoms with Crippen molar-refractivity contribution in [1.29, 1.82) is 0 Å². The van der Waals surface area contributed by atoms with E-state index in [0.29, 0.717) is 5.75 Å². The van der Waals surface area contributed by atoms with Crippen LogP contribution in [0, 0.1) is 0 Å². The number of aliphatic hydroxyl groups is 1. The molecule has 17 heavy (non-hydrogen) atoms. The smallest absolute Gasteiger partial charge is 0.231 e. The van der Waals surface area contributed by atoms with Crippen molar-refractivity contribution in [2.75, 3.05) is 6.79 Å². The third-order valence-corrected chi connectivity index (χ3v) is 2.83. The number of aliphatic hydroxyl groups excluding tert-OH is 1. The number of benzene rings is 2. The number of fused-ring (bicyclic) bond motifs is 1. The van der Waals surface area contributed by atoms with Gasteiger partial charge in [-0.2, -0.15) is 0 Å². The first kappa shape index (κ1) is 10.2. The Hall–Kier alpha value is -2.00. The van der Waals surface area contributed by atoms with Gasteiger partial charge in [-0.15, -0.1) is 0 Å². The van der Waals surface area contributed by atoms with E-state index in [2.05, 4.69) is 0 Å². The van der Waals surface area contributed by atoms with Crippen LogP contribution in [0.15, 0.2) is 48.5 Å². The van der Waals surface area contributed by atoms with Gasteiger partial charge in [-0.1, -0.05) is 36.4 Å². The molecule has 1 aliphatic rings. The summed E-state index contributed by atoms with van der Waals surface area (Å²) in [5.74, 6) is 1.42. The Kier molecular flexibility index (Phi) is 2.46. The van der Waals surface area contributed by atoms with Crippen LogP contribution in [0.5, 0.6) is 11.5 Å². The standard InChI is InChI=1S/C14H12O3/c15-14(10-4-2-1-3-5-10)11-6-7-12-13(8-11)17-9-16-12/h1-8,14-15H,9H2/t14-/m1/s1. The lowest BCUT2D eigenvalue weighted by molar-refractivity contribution is 0.173. The predicted molar refractivity (Wildman–Crippen MR) is 63.1 cm³/mol. The summed E-state index contributed by atoms with van der Waals surface area (Å²) in [6.07, 6.45) is -0.634. The molecular formula is C14H12O3. The Morgan fingerprint density at radius 1 is 0.882 bits per heavy atom. The molecule has 0 saturated carbocycles. The number of hydrogen-bond donors (Lipinski definition) is 1. The first-order chi connectivity index (χ1) is 8.34. The van der Waals surface area contributed by atoms with E-state index < -0.39 is 6.10 Å². The van der Waals surface area contributed by atoms with Crippen LogP contribution in [0.25, 0.3) is 0 Å². The van der Waals surface area contributed by atoms with Crippen LogP contribution in [-0.2, 0) is 0 Å². The highest BCUT2D eigenvalue weighted by molar-refractivity contribution is 5.46. The normalized spacial score (nSPS) is 14.6. The van der Waals surface area contributed by atoms with Crippen molar-refractivity contribution >= 4 is 0 Å². The molecule has 0 bridgehead atoms. The van der Waals surface area contributed by atoms with Crippen LogP contribution < -0.4 is 9.47 Å². The monoisotopic (exact) mass is 228 g/mol. The van der Waals surface area contributed by atoms with Gasteiger partial charge in [-0.25, -0.2) is 0 Å². The average molecular weight is 228 g/mol. The van der Waals surface area contributed by atoms with Crippen molar-refractivity contribution in [3.05, 3.63) is 59.7 Å². The minimum Gasteiger partial charge on any atom is -0.454 e. The minimum absolute atomic E-state index is 0.250.